The number of benzene rings is 2. The zero-order chi connectivity index (χ0) is 19.2. The minimum atomic E-state index is 0.466. The SMILES string of the molecule is CC(C)c1cc(CNCC2CCNC2)cc(OCc2ccc(Cl)cc2Br)c1. The molecule has 1 aliphatic heterocycles. The molecule has 0 amide bonds. The largest absolute Gasteiger partial charge is 0.489 e. The van der Waals surface area contributed by atoms with Crippen molar-refractivity contribution in [2.75, 3.05) is 19.6 Å². The molecule has 146 valence electrons. The zero-order valence-electron chi connectivity index (χ0n) is 16.0. The van der Waals surface area contributed by atoms with E-state index in [-0.39, 0.29) is 0 Å². The number of hydrogen-bond acceptors (Lipinski definition) is 3. The normalized spacial score (nSPS) is 16.9. The molecule has 1 aliphatic rings. The topological polar surface area (TPSA) is 33.3 Å². The Kier molecular flexibility index (Phi) is 7.59. The maximum absolute atomic E-state index is 6.11. The summed E-state index contributed by atoms with van der Waals surface area (Å²) in [6.45, 7) is 9.16. The molecular weight excluding hydrogens is 424 g/mol. The Balaban J connectivity index is 1.65. The van der Waals surface area contributed by atoms with Gasteiger partial charge < -0.3 is 15.4 Å². The van der Waals surface area contributed by atoms with E-state index in [0.29, 0.717) is 12.5 Å². The highest BCUT2D eigenvalue weighted by molar-refractivity contribution is 9.10. The molecule has 0 radical (unpaired) electrons. The van der Waals surface area contributed by atoms with Crippen LogP contribution in [-0.2, 0) is 13.2 Å². The highest BCUT2D eigenvalue weighted by atomic mass is 79.9. The van der Waals surface area contributed by atoms with Crippen LogP contribution in [0.4, 0.5) is 0 Å². The smallest absolute Gasteiger partial charge is 0.120 e. The highest BCUT2D eigenvalue weighted by Gasteiger charge is 2.14. The third-order valence-electron chi connectivity index (χ3n) is 4.99. The first kappa shape index (κ1) is 20.7. The number of halogens is 2. The van der Waals surface area contributed by atoms with E-state index in [1.807, 2.05) is 18.2 Å². The van der Waals surface area contributed by atoms with E-state index in [1.54, 1.807) is 0 Å². The van der Waals surface area contributed by atoms with Gasteiger partial charge in [0, 0.05) is 21.6 Å². The maximum atomic E-state index is 6.11. The van der Waals surface area contributed by atoms with Gasteiger partial charge in [0.1, 0.15) is 12.4 Å². The number of hydrogen-bond donors (Lipinski definition) is 2. The van der Waals surface area contributed by atoms with Crippen LogP contribution in [-0.4, -0.2) is 19.6 Å². The van der Waals surface area contributed by atoms with Crippen molar-refractivity contribution in [1.29, 1.82) is 0 Å². The van der Waals surface area contributed by atoms with Gasteiger partial charge in [-0.3, -0.25) is 0 Å². The molecule has 3 nitrogen and oxygen atoms in total. The Morgan fingerprint density at radius 3 is 2.81 bits per heavy atom. The molecule has 3 rings (SSSR count). The third kappa shape index (κ3) is 6.21. The van der Waals surface area contributed by atoms with Crippen LogP contribution in [0.1, 0.15) is 42.9 Å². The summed E-state index contributed by atoms with van der Waals surface area (Å²) in [5.41, 5.74) is 3.67. The first-order valence-corrected chi connectivity index (χ1v) is 10.8. The summed E-state index contributed by atoms with van der Waals surface area (Å²) in [5.74, 6) is 2.13. The molecule has 1 heterocycles. The Hall–Kier alpha value is -1.07. The van der Waals surface area contributed by atoms with Gasteiger partial charge in [-0.2, -0.15) is 0 Å². The summed E-state index contributed by atoms with van der Waals surface area (Å²) >= 11 is 9.58. The van der Waals surface area contributed by atoms with E-state index < -0.39 is 0 Å². The lowest BCUT2D eigenvalue weighted by molar-refractivity contribution is 0.304. The first-order chi connectivity index (χ1) is 13.0. The second kappa shape index (κ2) is 9.92. The van der Waals surface area contributed by atoms with Gasteiger partial charge in [0.15, 0.2) is 0 Å². The summed E-state index contributed by atoms with van der Waals surface area (Å²) in [6, 6.07) is 12.4. The standard InChI is InChI=1S/C22H28BrClN2O/c1-15(2)19-7-17(13-26-12-16-5-6-25-11-16)8-21(9-19)27-14-18-3-4-20(24)10-22(18)23/h3-4,7-10,15-16,25-26H,5-6,11-14H2,1-2H3. The molecule has 2 N–H and O–H groups in total. The van der Waals surface area contributed by atoms with Gasteiger partial charge in [0.05, 0.1) is 0 Å². The van der Waals surface area contributed by atoms with Gasteiger partial charge in [-0.1, -0.05) is 53.5 Å². The minimum Gasteiger partial charge on any atom is -0.489 e. The predicted molar refractivity (Wildman–Crippen MR) is 117 cm³/mol. The fourth-order valence-electron chi connectivity index (χ4n) is 3.31. The van der Waals surface area contributed by atoms with E-state index in [2.05, 4.69) is 58.6 Å². The summed E-state index contributed by atoms with van der Waals surface area (Å²) < 4.78 is 7.09. The van der Waals surface area contributed by atoms with Crippen molar-refractivity contribution in [3.8, 4) is 5.75 Å². The van der Waals surface area contributed by atoms with Crippen molar-refractivity contribution in [2.45, 2.75) is 39.3 Å². The number of ether oxygens (including phenoxy) is 1. The van der Waals surface area contributed by atoms with Crippen molar-refractivity contribution < 1.29 is 4.74 Å². The second-order valence-corrected chi connectivity index (χ2v) is 8.87. The summed E-state index contributed by atoms with van der Waals surface area (Å²) in [5, 5.41) is 7.75. The van der Waals surface area contributed by atoms with Crippen molar-refractivity contribution in [3.63, 3.8) is 0 Å². The summed E-state index contributed by atoms with van der Waals surface area (Å²) in [4.78, 5) is 0. The molecule has 0 aromatic heterocycles. The van der Waals surface area contributed by atoms with Crippen LogP contribution in [0.2, 0.25) is 5.02 Å². The van der Waals surface area contributed by atoms with Crippen LogP contribution in [0.3, 0.4) is 0 Å². The Morgan fingerprint density at radius 2 is 2.11 bits per heavy atom. The molecule has 1 saturated heterocycles. The molecular formula is C22H28BrClN2O. The van der Waals surface area contributed by atoms with Crippen molar-refractivity contribution in [3.05, 3.63) is 62.6 Å². The number of nitrogens with one attached hydrogen (secondary N) is 2. The number of rotatable bonds is 8. The lowest BCUT2D eigenvalue weighted by Gasteiger charge is -2.15. The average molecular weight is 452 g/mol. The van der Waals surface area contributed by atoms with Gasteiger partial charge in [0.2, 0.25) is 0 Å². The van der Waals surface area contributed by atoms with Crippen LogP contribution >= 0.6 is 27.5 Å². The van der Waals surface area contributed by atoms with Gasteiger partial charge in [-0.15, -0.1) is 0 Å². The molecule has 0 bridgehead atoms. The van der Waals surface area contributed by atoms with Crippen LogP contribution in [0.15, 0.2) is 40.9 Å². The van der Waals surface area contributed by atoms with E-state index in [0.717, 1.165) is 52.9 Å². The monoisotopic (exact) mass is 450 g/mol. The Bertz CT molecular complexity index is 760. The summed E-state index contributed by atoms with van der Waals surface area (Å²) in [7, 11) is 0. The van der Waals surface area contributed by atoms with Gasteiger partial charge in [-0.25, -0.2) is 0 Å². The molecule has 2 aromatic carbocycles. The lowest BCUT2D eigenvalue weighted by Crippen LogP contribution is -2.24. The minimum absolute atomic E-state index is 0.466. The molecule has 0 saturated carbocycles. The van der Waals surface area contributed by atoms with E-state index >= 15 is 0 Å². The molecule has 0 aliphatic carbocycles. The molecule has 0 spiro atoms. The average Bonchev–Trinajstić information content (AvgIpc) is 3.14. The Labute approximate surface area is 176 Å². The fourth-order valence-corrected chi connectivity index (χ4v) is 4.11. The lowest BCUT2D eigenvalue weighted by atomic mass is 10.00. The maximum Gasteiger partial charge on any atom is 0.120 e. The van der Waals surface area contributed by atoms with Gasteiger partial charge in [0.25, 0.3) is 0 Å². The third-order valence-corrected chi connectivity index (χ3v) is 5.96. The Morgan fingerprint density at radius 1 is 1.26 bits per heavy atom. The van der Waals surface area contributed by atoms with Gasteiger partial charge in [-0.05, 0) is 73.3 Å². The van der Waals surface area contributed by atoms with Gasteiger partial charge >= 0.3 is 0 Å². The molecule has 1 fully saturated rings. The fraction of sp³-hybridized carbons (Fsp3) is 0.455. The summed E-state index contributed by atoms with van der Waals surface area (Å²) in [6.07, 6.45) is 1.27. The second-order valence-electron chi connectivity index (χ2n) is 7.58. The van der Waals surface area contributed by atoms with Crippen LogP contribution in [0.25, 0.3) is 0 Å². The molecule has 27 heavy (non-hydrogen) atoms. The highest BCUT2D eigenvalue weighted by Crippen LogP contribution is 2.26. The van der Waals surface area contributed by atoms with E-state index in [1.165, 1.54) is 17.5 Å². The van der Waals surface area contributed by atoms with Crippen molar-refractivity contribution in [2.24, 2.45) is 5.92 Å². The van der Waals surface area contributed by atoms with Crippen LogP contribution in [0, 0.1) is 5.92 Å². The molecule has 5 heteroatoms. The van der Waals surface area contributed by atoms with E-state index in [9.17, 15) is 0 Å². The van der Waals surface area contributed by atoms with Crippen LogP contribution < -0.4 is 15.4 Å². The van der Waals surface area contributed by atoms with Crippen LogP contribution in [0.5, 0.6) is 5.75 Å². The molecule has 2 aromatic rings. The van der Waals surface area contributed by atoms with E-state index in [4.69, 9.17) is 16.3 Å². The quantitative estimate of drug-likeness (QED) is 0.555. The van der Waals surface area contributed by atoms with Crippen molar-refractivity contribution >= 4 is 27.5 Å². The first-order valence-electron chi connectivity index (χ1n) is 9.63. The van der Waals surface area contributed by atoms with Crippen molar-refractivity contribution in [1.82, 2.24) is 10.6 Å². The molecule has 1 unspecified atom stereocenters. The zero-order valence-corrected chi connectivity index (χ0v) is 18.4. The predicted octanol–water partition coefficient (Wildman–Crippen LogP) is 5.50. The molecule has 1 atom stereocenters.